The largest absolute Gasteiger partial charge is 0.489 e. The van der Waals surface area contributed by atoms with E-state index in [1.165, 1.54) is 0 Å². The van der Waals surface area contributed by atoms with E-state index in [1.54, 1.807) is 6.21 Å². The molecular weight excluding hydrogens is 326 g/mol. The molecule has 0 spiro atoms. The van der Waals surface area contributed by atoms with Gasteiger partial charge in [-0.1, -0.05) is 44.2 Å². The number of nitrogens with zero attached hydrogens (tertiary/aromatic N) is 2. The van der Waals surface area contributed by atoms with Crippen molar-refractivity contribution in [2.75, 3.05) is 0 Å². The number of aromatic nitrogens is 1. The van der Waals surface area contributed by atoms with Gasteiger partial charge in [0.2, 0.25) is 0 Å². The number of benzene rings is 2. The van der Waals surface area contributed by atoms with Crippen molar-refractivity contribution in [2.24, 2.45) is 18.1 Å². The molecular formula is C21H23N3O2. The summed E-state index contributed by atoms with van der Waals surface area (Å²) in [6.45, 7) is 4.52. The van der Waals surface area contributed by atoms with Gasteiger partial charge in [0.1, 0.15) is 18.1 Å². The molecule has 1 N–H and O–H groups in total. The Hall–Kier alpha value is -3.08. The number of aryl methyl sites for hydroxylation is 1. The first-order chi connectivity index (χ1) is 12.5. The van der Waals surface area contributed by atoms with E-state index < -0.39 is 0 Å². The standard InChI is InChI=1S/C21H23N3O2/c1-15(2)13-22-23-21(25)20-12-17-11-18(9-10-19(17)24(20)3)26-14-16-7-5-4-6-8-16/h4-13,15H,14H2,1-3H3,(H,23,25)/b22-13+. The lowest BCUT2D eigenvalue weighted by atomic mass is 10.2. The van der Waals surface area contributed by atoms with Gasteiger partial charge in [0.05, 0.1) is 0 Å². The van der Waals surface area contributed by atoms with Crippen molar-refractivity contribution in [1.29, 1.82) is 0 Å². The van der Waals surface area contributed by atoms with Crippen molar-refractivity contribution in [3.05, 3.63) is 65.9 Å². The van der Waals surface area contributed by atoms with E-state index in [0.29, 0.717) is 12.3 Å². The molecule has 5 heteroatoms. The minimum Gasteiger partial charge on any atom is -0.489 e. The molecule has 0 aliphatic rings. The second-order valence-corrected chi connectivity index (χ2v) is 6.55. The molecule has 0 radical (unpaired) electrons. The van der Waals surface area contributed by atoms with Crippen LogP contribution in [0.4, 0.5) is 0 Å². The van der Waals surface area contributed by atoms with Crippen LogP contribution in [0.1, 0.15) is 29.9 Å². The lowest BCUT2D eigenvalue weighted by Gasteiger charge is -2.07. The normalized spacial score (nSPS) is 11.4. The Kier molecular flexibility index (Phi) is 5.37. The summed E-state index contributed by atoms with van der Waals surface area (Å²) < 4.78 is 7.73. The fourth-order valence-corrected chi connectivity index (χ4v) is 2.68. The van der Waals surface area contributed by atoms with Crippen molar-refractivity contribution in [3.8, 4) is 5.75 Å². The van der Waals surface area contributed by atoms with Crippen molar-refractivity contribution in [1.82, 2.24) is 9.99 Å². The van der Waals surface area contributed by atoms with Gasteiger partial charge in [-0.05, 0) is 35.7 Å². The molecule has 1 aromatic heterocycles. The summed E-state index contributed by atoms with van der Waals surface area (Å²) in [7, 11) is 1.87. The van der Waals surface area contributed by atoms with Crippen LogP contribution in [-0.2, 0) is 13.7 Å². The SMILES string of the molecule is CC(C)/C=N/NC(=O)c1cc2cc(OCc3ccccc3)ccc2n1C. The molecule has 134 valence electrons. The molecule has 3 rings (SSSR count). The number of amides is 1. The first kappa shape index (κ1) is 17.7. The number of hydrogen-bond acceptors (Lipinski definition) is 3. The van der Waals surface area contributed by atoms with Gasteiger partial charge < -0.3 is 9.30 Å². The van der Waals surface area contributed by atoms with Gasteiger partial charge in [0.15, 0.2) is 0 Å². The highest BCUT2D eigenvalue weighted by Gasteiger charge is 2.13. The molecule has 0 atom stereocenters. The molecule has 0 aliphatic carbocycles. The van der Waals surface area contributed by atoms with Gasteiger partial charge in [0, 0.05) is 24.2 Å². The number of fused-ring (bicyclic) bond motifs is 1. The average molecular weight is 349 g/mol. The molecule has 1 amide bonds. The highest BCUT2D eigenvalue weighted by Crippen LogP contribution is 2.24. The second-order valence-electron chi connectivity index (χ2n) is 6.55. The van der Waals surface area contributed by atoms with E-state index in [2.05, 4.69) is 10.5 Å². The van der Waals surface area contributed by atoms with Crippen LogP contribution in [0.2, 0.25) is 0 Å². The maximum atomic E-state index is 12.3. The molecule has 0 unspecified atom stereocenters. The van der Waals surface area contributed by atoms with Crippen LogP contribution < -0.4 is 10.2 Å². The van der Waals surface area contributed by atoms with E-state index >= 15 is 0 Å². The van der Waals surface area contributed by atoms with Crippen LogP contribution in [0.25, 0.3) is 10.9 Å². The van der Waals surface area contributed by atoms with Crippen LogP contribution in [0.15, 0.2) is 59.7 Å². The van der Waals surface area contributed by atoms with Gasteiger partial charge in [-0.25, -0.2) is 5.43 Å². The number of rotatable bonds is 6. The maximum absolute atomic E-state index is 12.3. The fourth-order valence-electron chi connectivity index (χ4n) is 2.68. The summed E-state index contributed by atoms with van der Waals surface area (Å²) in [6.07, 6.45) is 1.70. The molecule has 1 heterocycles. The van der Waals surface area contributed by atoms with Crippen LogP contribution in [0.3, 0.4) is 0 Å². The third-order valence-electron chi connectivity index (χ3n) is 4.03. The molecule has 2 aromatic carbocycles. The minimum absolute atomic E-state index is 0.229. The predicted molar refractivity (Wildman–Crippen MR) is 104 cm³/mol. The average Bonchev–Trinajstić information content (AvgIpc) is 2.97. The maximum Gasteiger partial charge on any atom is 0.287 e. The topological polar surface area (TPSA) is 55.6 Å². The Morgan fingerprint density at radius 3 is 2.69 bits per heavy atom. The van der Waals surface area contributed by atoms with Gasteiger partial charge in [0.25, 0.3) is 5.91 Å². The summed E-state index contributed by atoms with van der Waals surface area (Å²) in [5.41, 5.74) is 5.21. The number of ether oxygens (including phenoxy) is 1. The summed E-state index contributed by atoms with van der Waals surface area (Å²) in [5, 5.41) is 4.93. The van der Waals surface area contributed by atoms with Gasteiger partial charge in [-0.3, -0.25) is 4.79 Å². The van der Waals surface area contributed by atoms with E-state index in [1.807, 2.05) is 80.1 Å². The van der Waals surface area contributed by atoms with Crippen molar-refractivity contribution < 1.29 is 9.53 Å². The quantitative estimate of drug-likeness (QED) is 0.537. The smallest absolute Gasteiger partial charge is 0.287 e. The Labute approximate surface area is 153 Å². The van der Waals surface area contributed by atoms with Gasteiger partial charge in [-0.15, -0.1) is 0 Å². The second kappa shape index (κ2) is 7.87. The summed E-state index contributed by atoms with van der Waals surface area (Å²) in [5.74, 6) is 0.830. The summed E-state index contributed by atoms with van der Waals surface area (Å²) >= 11 is 0. The molecule has 0 saturated carbocycles. The highest BCUT2D eigenvalue weighted by molar-refractivity contribution is 5.99. The van der Waals surface area contributed by atoms with Gasteiger partial charge >= 0.3 is 0 Å². The van der Waals surface area contributed by atoms with E-state index in [9.17, 15) is 4.79 Å². The van der Waals surface area contributed by atoms with Crippen LogP contribution >= 0.6 is 0 Å². The molecule has 0 bridgehead atoms. The Morgan fingerprint density at radius 1 is 1.19 bits per heavy atom. The van der Waals surface area contributed by atoms with E-state index in [0.717, 1.165) is 22.2 Å². The molecule has 3 aromatic rings. The lowest BCUT2D eigenvalue weighted by Crippen LogP contribution is -2.20. The zero-order chi connectivity index (χ0) is 18.5. The zero-order valence-corrected chi connectivity index (χ0v) is 15.3. The van der Waals surface area contributed by atoms with E-state index in [-0.39, 0.29) is 11.8 Å². The third kappa shape index (κ3) is 4.11. The minimum atomic E-state index is -0.229. The Bertz CT molecular complexity index is 927. The highest BCUT2D eigenvalue weighted by atomic mass is 16.5. The first-order valence-corrected chi connectivity index (χ1v) is 8.64. The van der Waals surface area contributed by atoms with Crippen molar-refractivity contribution >= 4 is 23.0 Å². The Balaban J connectivity index is 1.76. The van der Waals surface area contributed by atoms with Crippen LogP contribution in [-0.4, -0.2) is 16.7 Å². The van der Waals surface area contributed by atoms with Crippen molar-refractivity contribution in [3.63, 3.8) is 0 Å². The van der Waals surface area contributed by atoms with E-state index in [4.69, 9.17) is 4.74 Å². The molecule has 0 aliphatic heterocycles. The zero-order valence-electron chi connectivity index (χ0n) is 15.3. The number of carbonyl (C=O) groups is 1. The lowest BCUT2D eigenvalue weighted by molar-refractivity contribution is 0.0947. The van der Waals surface area contributed by atoms with Crippen molar-refractivity contribution in [2.45, 2.75) is 20.5 Å². The molecule has 26 heavy (non-hydrogen) atoms. The summed E-state index contributed by atoms with van der Waals surface area (Å²) in [6, 6.07) is 17.7. The number of hydrazone groups is 1. The molecule has 0 saturated heterocycles. The van der Waals surface area contributed by atoms with Crippen LogP contribution in [0.5, 0.6) is 5.75 Å². The predicted octanol–water partition coefficient (Wildman–Crippen LogP) is 4.13. The van der Waals surface area contributed by atoms with Gasteiger partial charge in [-0.2, -0.15) is 5.10 Å². The molecule has 5 nitrogen and oxygen atoms in total. The number of hydrogen-bond donors (Lipinski definition) is 1. The fraction of sp³-hybridized carbons (Fsp3) is 0.238. The Morgan fingerprint density at radius 2 is 1.96 bits per heavy atom. The third-order valence-corrected chi connectivity index (χ3v) is 4.03. The monoisotopic (exact) mass is 349 g/mol. The first-order valence-electron chi connectivity index (χ1n) is 8.64. The molecule has 0 fully saturated rings. The number of carbonyl (C=O) groups excluding carboxylic acids is 1. The number of nitrogens with one attached hydrogen (secondary N) is 1. The van der Waals surface area contributed by atoms with Crippen LogP contribution in [0, 0.1) is 5.92 Å². The summed E-state index contributed by atoms with van der Waals surface area (Å²) in [4.78, 5) is 12.3.